The van der Waals surface area contributed by atoms with E-state index in [2.05, 4.69) is 10.1 Å². The van der Waals surface area contributed by atoms with Crippen LogP contribution in [0.25, 0.3) is 5.69 Å². The Morgan fingerprint density at radius 1 is 1.03 bits per heavy atom. The van der Waals surface area contributed by atoms with Crippen LogP contribution in [-0.2, 0) is 12.0 Å². The first-order valence-electron chi connectivity index (χ1n) is 10.1. The summed E-state index contributed by atoms with van der Waals surface area (Å²) in [5, 5.41) is 3.31. The summed E-state index contributed by atoms with van der Waals surface area (Å²) < 4.78 is 65.1. The molecule has 1 N–H and O–H groups in total. The summed E-state index contributed by atoms with van der Waals surface area (Å²) in [6.07, 6.45) is -3.14. The van der Waals surface area contributed by atoms with Gasteiger partial charge in [0.15, 0.2) is 5.60 Å². The number of hydrogen-bond acceptors (Lipinski definition) is 3. The highest BCUT2D eigenvalue weighted by Crippen LogP contribution is 2.45. The van der Waals surface area contributed by atoms with Crippen molar-refractivity contribution in [3.63, 3.8) is 0 Å². The second-order valence-electron chi connectivity index (χ2n) is 7.84. The van der Waals surface area contributed by atoms with E-state index in [1.807, 2.05) is 16.7 Å². The van der Waals surface area contributed by atoms with Crippen molar-refractivity contribution in [2.75, 3.05) is 13.1 Å². The van der Waals surface area contributed by atoms with Crippen molar-refractivity contribution in [3.8, 4) is 17.2 Å². The van der Waals surface area contributed by atoms with Gasteiger partial charge in [0.05, 0.1) is 11.4 Å². The fraction of sp³-hybridized carbons (Fsp3) is 0.304. The number of benzene rings is 2. The van der Waals surface area contributed by atoms with E-state index >= 15 is 0 Å². The Bertz CT molecular complexity index is 1120. The second kappa shape index (κ2) is 7.30. The predicted molar refractivity (Wildman–Crippen MR) is 106 cm³/mol. The van der Waals surface area contributed by atoms with Crippen LogP contribution >= 0.6 is 0 Å². The van der Waals surface area contributed by atoms with Crippen LogP contribution in [-0.4, -0.2) is 24.0 Å². The van der Waals surface area contributed by atoms with Crippen LogP contribution in [0.3, 0.4) is 0 Å². The maximum Gasteiger partial charge on any atom is 0.573 e. The topological polar surface area (TPSA) is 35.4 Å². The molecular weight excluding hydrogens is 412 g/mol. The molecule has 0 radical (unpaired) electrons. The monoisotopic (exact) mass is 432 g/mol. The Kier molecular flexibility index (Phi) is 4.69. The molecule has 0 aliphatic carbocycles. The smallest absolute Gasteiger partial charge is 0.479 e. The third kappa shape index (κ3) is 3.65. The van der Waals surface area contributed by atoms with Gasteiger partial charge in [0.2, 0.25) is 0 Å². The summed E-state index contributed by atoms with van der Waals surface area (Å²) >= 11 is 0. The van der Waals surface area contributed by atoms with Crippen molar-refractivity contribution in [1.82, 2.24) is 9.88 Å². The zero-order chi connectivity index (χ0) is 21.6. The summed E-state index contributed by atoms with van der Waals surface area (Å²) in [6, 6.07) is 14.3. The fourth-order valence-corrected chi connectivity index (χ4v) is 4.53. The summed E-state index contributed by atoms with van der Waals surface area (Å²) in [5.74, 6) is -0.191. The van der Waals surface area contributed by atoms with Crippen LogP contribution in [0.4, 0.5) is 17.6 Å². The van der Waals surface area contributed by atoms with E-state index in [9.17, 15) is 17.6 Å². The molecule has 0 unspecified atom stereocenters. The number of fused-ring (bicyclic) bond motifs is 4. The molecule has 31 heavy (non-hydrogen) atoms. The van der Waals surface area contributed by atoms with E-state index in [4.69, 9.17) is 4.74 Å². The molecule has 8 heteroatoms. The summed E-state index contributed by atoms with van der Waals surface area (Å²) in [5.41, 5.74) is 2.19. The van der Waals surface area contributed by atoms with Gasteiger partial charge in [0.25, 0.3) is 0 Å². The molecule has 162 valence electrons. The molecule has 2 aliphatic rings. The number of alkyl halides is 3. The molecule has 0 saturated carbocycles. The first-order valence-corrected chi connectivity index (χ1v) is 10.1. The zero-order valence-electron chi connectivity index (χ0n) is 16.5. The van der Waals surface area contributed by atoms with Gasteiger partial charge < -0.3 is 19.4 Å². The van der Waals surface area contributed by atoms with Gasteiger partial charge in [-0.3, -0.25) is 0 Å². The average Bonchev–Trinajstić information content (AvgIpc) is 3.14. The van der Waals surface area contributed by atoms with Gasteiger partial charge in [0, 0.05) is 36.6 Å². The lowest BCUT2D eigenvalue weighted by Gasteiger charge is -2.42. The normalized spacial score (nSPS) is 17.0. The predicted octanol–water partition coefficient (Wildman–Crippen LogP) is 5.08. The average molecular weight is 432 g/mol. The molecule has 1 aromatic heterocycles. The second-order valence-corrected chi connectivity index (χ2v) is 7.84. The van der Waals surface area contributed by atoms with Gasteiger partial charge in [-0.25, -0.2) is 4.39 Å². The molecule has 2 aliphatic heterocycles. The lowest BCUT2D eigenvalue weighted by molar-refractivity contribution is -0.274. The van der Waals surface area contributed by atoms with Crippen LogP contribution in [0.2, 0.25) is 0 Å². The molecule has 0 amide bonds. The SMILES string of the molecule is Fc1ccc2c(c1)OC1(CCNCC1)c1ccc(Cc3ccccc3OC(F)(F)F)n1-2. The lowest BCUT2D eigenvalue weighted by Crippen LogP contribution is -2.47. The number of aromatic nitrogens is 1. The minimum atomic E-state index is -4.77. The van der Waals surface area contributed by atoms with Crippen molar-refractivity contribution >= 4 is 0 Å². The van der Waals surface area contributed by atoms with Crippen molar-refractivity contribution in [2.24, 2.45) is 0 Å². The number of hydrogen-bond donors (Lipinski definition) is 1. The van der Waals surface area contributed by atoms with Gasteiger partial charge in [0.1, 0.15) is 17.3 Å². The molecule has 1 spiro atoms. The number of rotatable bonds is 3. The number of halogens is 4. The first kappa shape index (κ1) is 19.9. The molecule has 3 aromatic rings. The van der Waals surface area contributed by atoms with E-state index in [0.717, 1.165) is 24.5 Å². The molecule has 1 saturated heterocycles. The Morgan fingerprint density at radius 3 is 2.58 bits per heavy atom. The highest BCUT2D eigenvalue weighted by atomic mass is 19.4. The molecule has 4 nitrogen and oxygen atoms in total. The number of piperidine rings is 1. The quantitative estimate of drug-likeness (QED) is 0.587. The van der Waals surface area contributed by atoms with Gasteiger partial charge in [-0.15, -0.1) is 13.2 Å². The zero-order valence-corrected chi connectivity index (χ0v) is 16.5. The van der Waals surface area contributed by atoms with Gasteiger partial charge in [-0.2, -0.15) is 0 Å². The number of para-hydroxylation sites is 1. The maximum atomic E-state index is 14.0. The van der Waals surface area contributed by atoms with Gasteiger partial charge in [-0.1, -0.05) is 18.2 Å². The molecule has 0 atom stereocenters. The molecule has 5 rings (SSSR count). The van der Waals surface area contributed by atoms with Crippen LogP contribution in [0, 0.1) is 5.82 Å². The van der Waals surface area contributed by atoms with E-state index in [1.165, 1.54) is 24.3 Å². The molecule has 1 fully saturated rings. The molecule has 3 heterocycles. The van der Waals surface area contributed by atoms with E-state index in [1.54, 1.807) is 18.2 Å². The minimum Gasteiger partial charge on any atom is -0.479 e. The van der Waals surface area contributed by atoms with Gasteiger partial charge >= 0.3 is 6.36 Å². The Morgan fingerprint density at radius 2 is 1.81 bits per heavy atom. The van der Waals surface area contributed by atoms with Crippen LogP contribution in [0.1, 0.15) is 29.8 Å². The Hall–Kier alpha value is -3.00. The van der Waals surface area contributed by atoms with Crippen molar-refractivity contribution < 1.29 is 27.0 Å². The first-order chi connectivity index (χ1) is 14.8. The standard InChI is InChI=1S/C23H20F4N2O2/c24-16-5-7-18-20(14-16)30-22(9-11-28-12-10-22)21-8-6-17(29(18)21)13-15-3-1-2-4-19(15)31-23(25,26)27/h1-8,14,28H,9-13H2. The van der Waals surface area contributed by atoms with Crippen molar-refractivity contribution in [2.45, 2.75) is 31.2 Å². The minimum absolute atomic E-state index is 0.220. The highest BCUT2D eigenvalue weighted by Gasteiger charge is 2.43. The molecular formula is C23H20F4N2O2. The summed E-state index contributed by atoms with van der Waals surface area (Å²) in [6.45, 7) is 1.51. The Balaban J connectivity index is 1.60. The highest BCUT2D eigenvalue weighted by molar-refractivity contribution is 5.55. The van der Waals surface area contributed by atoms with Crippen LogP contribution in [0.15, 0.2) is 54.6 Å². The van der Waals surface area contributed by atoms with E-state index < -0.39 is 17.8 Å². The number of ether oxygens (including phenoxy) is 2. The van der Waals surface area contributed by atoms with Crippen LogP contribution in [0.5, 0.6) is 11.5 Å². The lowest BCUT2D eigenvalue weighted by atomic mass is 9.87. The maximum absolute atomic E-state index is 14.0. The van der Waals surface area contributed by atoms with E-state index in [0.29, 0.717) is 29.8 Å². The molecule has 2 aromatic carbocycles. The van der Waals surface area contributed by atoms with Crippen molar-refractivity contribution in [3.05, 3.63) is 77.4 Å². The summed E-state index contributed by atoms with van der Waals surface area (Å²) in [7, 11) is 0. The van der Waals surface area contributed by atoms with E-state index in [-0.39, 0.29) is 12.2 Å². The fourth-order valence-electron chi connectivity index (χ4n) is 4.53. The third-order valence-electron chi connectivity index (χ3n) is 5.88. The Labute approximate surface area is 176 Å². The number of nitrogens with zero attached hydrogens (tertiary/aromatic N) is 1. The van der Waals surface area contributed by atoms with Crippen molar-refractivity contribution in [1.29, 1.82) is 0 Å². The van der Waals surface area contributed by atoms with Gasteiger partial charge in [-0.05, 0) is 43.4 Å². The third-order valence-corrected chi connectivity index (χ3v) is 5.88. The summed E-state index contributed by atoms with van der Waals surface area (Å²) in [4.78, 5) is 0. The number of nitrogens with one attached hydrogen (secondary N) is 1. The van der Waals surface area contributed by atoms with Crippen LogP contribution < -0.4 is 14.8 Å². The largest absolute Gasteiger partial charge is 0.573 e. The molecule has 0 bridgehead atoms.